The molecule has 1 aliphatic rings. The Morgan fingerprint density at radius 3 is 2.68 bits per heavy atom. The molecule has 100 valence electrons. The average molecular weight is 322 g/mol. The number of halogens is 1. The Morgan fingerprint density at radius 1 is 1.32 bits per heavy atom. The van der Waals surface area contributed by atoms with Gasteiger partial charge in [0.2, 0.25) is 0 Å². The highest BCUT2D eigenvalue weighted by molar-refractivity contribution is 9.10. The molecule has 1 aliphatic carbocycles. The van der Waals surface area contributed by atoms with E-state index in [1.165, 1.54) is 25.7 Å². The van der Waals surface area contributed by atoms with Crippen molar-refractivity contribution in [3.8, 4) is 11.6 Å². The van der Waals surface area contributed by atoms with Crippen molar-refractivity contribution in [2.45, 2.75) is 38.5 Å². The Kier molecular flexibility index (Phi) is 3.31. The van der Waals surface area contributed by atoms with Gasteiger partial charge in [0.1, 0.15) is 5.82 Å². The number of nitrogen functional groups attached to an aromatic ring is 1. The van der Waals surface area contributed by atoms with Crippen molar-refractivity contribution in [3.63, 3.8) is 0 Å². The highest BCUT2D eigenvalue weighted by Crippen LogP contribution is 2.39. The zero-order chi connectivity index (χ0) is 13.4. The molecule has 0 spiro atoms. The Bertz CT molecular complexity index is 603. The first kappa shape index (κ1) is 12.7. The van der Waals surface area contributed by atoms with Crippen LogP contribution in [0.1, 0.15) is 42.9 Å². The molecule has 0 unspecified atom stereocenters. The van der Waals surface area contributed by atoms with Crippen LogP contribution in [0, 0.1) is 6.92 Å². The largest absolute Gasteiger partial charge is 0.461 e. The van der Waals surface area contributed by atoms with Crippen LogP contribution in [-0.2, 0) is 0 Å². The molecule has 2 aromatic heterocycles. The van der Waals surface area contributed by atoms with E-state index in [1.807, 2.05) is 13.0 Å². The predicted octanol–water partition coefficient (Wildman–Crippen LogP) is 4.05. The molecule has 4 nitrogen and oxygen atoms in total. The summed E-state index contributed by atoms with van der Waals surface area (Å²) >= 11 is 3.53. The molecule has 19 heavy (non-hydrogen) atoms. The van der Waals surface area contributed by atoms with E-state index in [1.54, 1.807) is 6.26 Å². The van der Waals surface area contributed by atoms with Crippen molar-refractivity contribution in [1.82, 2.24) is 9.97 Å². The molecule has 1 fully saturated rings. The van der Waals surface area contributed by atoms with E-state index in [0.717, 1.165) is 15.7 Å². The van der Waals surface area contributed by atoms with Gasteiger partial charge in [-0.05, 0) is 47.3 Å². The van der Waals surface area contributed by atoms with Crippen LogP contribution in [0.25, 0.3) is 11.6 Å². The number of nitrogens with zero attached hydrogens (tertiary/aromatic N) is 2. The summed E-state index contributed by atoms with van der Waals surface area (Å²) in [7, 11) is 0. The summed E-state index contributed by atoms with van der Waals surface area (Å²) in [5.41, 5.74) is 8.06. The summed E-state index contributed by atoms with van der Waals surface area (Å²) in [6.07, 6.45) is 6.52. The monoisotopic (exact) mass is 321 g/mol. The third-order valence-corrected chi connectivity index (χ3v) is 4.52. The molecule has 2 heterocycles. The number of nitrogens with two attached hydrogens (primary N) is 1. The zero-order valence-electron chi connectivity index (χ0n) is 10.8. The fourth-order valence-electron chi connectivity index (χ4n) is 2.66. The minimum Gasteiger partial charge on any atom is -0.461 e. The fourth-order valence-corrected chi connectivity index (χ4v) is 3.16. The van der Waals surface area contributed by atoms with E-state index >= 15 is 0 Å². The lowest BCUT2D eigenvalue weighted by atomic mass is 10.0. The summed E-state index contributed by atoms with van der Waals surface area (Å²) in [6.45, 7) is 1.98. The van der Waals surface area contributed by atoms with Gasteiger partial charge < -0.3 is 10.2 Å². The van der Waals surface area contributed by atoms with Gasteiger partial charge in [0.15, 0.2) is 11.6 Å². The first-order valence-electron chi connectivity index (χ1n) is 6.54. The molecule has 0 radical (unpaired) electrons. The Balaban J connectivity index is 2.10. The Morgan fingerprint density at radius 2 is 2.05 bits per heavy atom. The third-order valence-electron chi connectivity index (χ3n) is 3.71. The summed E-state index contributed by atoms with van der Waals surface area (Å²) in [5.74, 6) is 2.26. The second kappa shape index (κ2) is 4.96. The molecule has 2 N–H and O–H groups in total. The minimum absolute atomic E-state index is 0.480. The smallest absolute Gasteiger partial charge is 0.198 e. The van der Waals surface area contributed by atoms with Crippen LogP contribution in [0.15, 0.2) is 21.2 Å². The Labute approximate surface area is 120 Å². The van der Waals surface area contributed by atoms with Crippen molar-refractivity contribution < 1.29 is 4.42 Å². The SMILES string of the molecule is Cc1ccoc1-c1nc(N)c(Br)c(C2CCCC2)n1. The molecular formula is C14H16BrN3O. The van der Waals surface area contributed by atoms with Gasteiger partial charge in [0.05, 0.1) is 16.4 Å². The van der Waals surface area contributed by atoms with E-state index < -0.39 is 0 Å². The lowest BCUT2D eigenvalue weighted by Crippen LogP contribution is -2.06. The van der Waals surface area contributed by atoms with Crippen molar-refractivity contribution in [2.75, 3.05) is 5.73 Å². The van der Waals surface area contributed by atoms with Gasteiger partial charge >= 0.3 is 0 Å². The number of furan rings is 1. The molecule has 0 saturated heterocycles. The normalized spacial score (nSPS) is 16.1. The molecule has 0 aromatic carbocycles. The molecule has 0 aliphatic heterocycles. The van der Waals surface area contributed by atoms with Gasteiger partial charge in [-0.15, -0.1) is 0 Å². The lowest BCUT2D eigenvalue weighted by Gasteiger charge is -2.13. The maximum atomic E-state index is 6.01. The first-order chi connectivity index (χ1) is 9.16. The minimum atomic E-state index is 0.480. The van der Waals surface area contributed by atoms with Gasteiger partial charge in [-0.1, -0.05) is 12.8 Å². The highest BCUT2D eigenvalue weighted by Gasteiger charge is 2.24. The van der Waals surface area contributed by atoms with E-state index in [9.17, 15) is 0 Å². The van der Waals surface area contributed by atoms with Crippen molar-refractivity contribution in [3.05, 3.63) is 28.1 Å². The van der Waals surface area contributed by atoms with Crippen LogP contribution in [-0.4, -0.2) is 9.97 Å². The topological polar surface area (TPSA) is 64.9 Å². The second-order valence-electron chi connectivity index (χ2n) is 5.05. The first-order valence-corrected chi connectivity index (χ1v) is 7.33. The van der Waals surface area contributed by atoms with E-state index in [0.29, 0.717) is 23.3 Å². The van der Waals surface area contributed by atoms with Crippen LogP contribution in [0.4, 0.5) is 5.82 Å². The molecule has 0 amide bonds. The van der Waals surface area contributed by atoms with E-state index in [4.69, 9.17) is 10.2 Å². The van der Waals surface area contributed by atoms with Crippen molar-refractivity contribution in [1.29, 1.82) is 0 Å². The Hall–Kier alpha value is -1.36. The summed E-state index contributed by atoms with van der Waals surface area (Å²) in [5, 5.41) is 0. The third kappa shape index (κ3) is 2.27. The summed E-state index contributed by atoms with van der Waals surface area (Å²) < 4.78 is 6.31. The molecule has 5 heteroatoms. The van der Waals surface area contributed by atoms with Gasteiger partial charge in [0, 0.05) is 5.92 Å². The van der Waals surface area contributed by atoms with Crippen LogP contribution < -0.4 is 5.73 Å². The highest BCUT2D eigenvalue weighted by atomic mass is 79.9. The lowest BCUT2D eigenvalue weighted by molar-refractivity contribution is 0.574. The molecule has 1 saturated carbocycles. The van der Waals surface area contributed by atoms with Gasteiger partial charge in [0.25, 0.3) is 0 Å². The van der Waals surface area contributed by atoms with Crippen LogP contribution in [0.5, 0.6) is 0 Å². The predicted molar refractivity (Wildman–Crippen MR) is 77.8 cm³/mol. The standard InChI is InChI=1S/C14H16BrN3O/c1-8-6-7-19-12(8)14-17-11(9-4-2-3-5-9)10(15)13(16)18-14/h6-7,9H,2-5H2,1H3,(H2,16,17,18). The number of anilines is 1. The fraction of sp³-hybridized carbons (Fsp3) is 0.429. The molecule has 0 atom stereocenters. The van der Waals surface area contributed by atoms with Crippen LogP contribution in [0.2, 0.25) is 0 Å². The van der Waals surface area contributed by atoms with E-state index in [-0.39, 0.29) is 0 Å². The molecule has 2 aromatic rings. The summed E-state index contributed by atoms with van der Waals surface area (Å²) in [4.78, 5) is 9.02. The summed E-state index contributed by atoms with van der Waals surface area (Å²) in [6, 6.07) is 1.91. The molecular weight excluding hydrogens is 306 g/mol. The van der Waals surface area contributed by atoms with Gasteiger partial charge in [-0.2, -0.15) is 0 Å². The second-order valence-corrected chi connectivity index (χ2v) is 5.84. The number of aryl methyl sites for hydroxylation is 1. The van der Waals surface area contributed by atoms with Crippen molar-refractivity contribution in [2.24, 2.45) is 0 Å². The average Bonchev–Trinajstić information content (AvgIpc) is 3.03. The van der Waals surface area contributed by atoms with Crippen LogP contribution >= 0.6 is 15.9 Å². The zero-order valence-corrected chi connectivity index (χ0v) is 12.4. The molecule has 3 rings (SSSR count). The maximum absolute atomic E-state index is 6.01. The molecule has 0 bridgehead atoms. The number of rotatable bonds is 2. The van der Waals surface area contributed by atoms with Gasteiger partial charge in [-0.3, -0.25) is 0 Å². The maximum Gasteiger partial charge on any atom is 0.198 e. The van der Waals surface area contributed by atoms with Gasteiger partial charge in [-0.25, -0.2) is 9.97 Å². The van der Waals surface area contributed by atoms with E-state index in [2.05, 4.69) is 25.9 Å². The number of aromatic nitrogens is 2. The number of hydrogen-bond donors (Lipinski definition) is 1. The quantitative estimate of drug-likeness (QED) is 0.906. The number of hydrogen-bond acceptors (Lipinski definition) is 4. The van der Waals surface area contributed by atoms with Crippen LogP contribution in [0.3, 0.4) is 0 Å². The van der Waals surface area contributed by atoms with Crippen molar-refractivity contribution >= 4 is 21.7 Å².